The predicted molar refractivity (Wildman–Crippen MR) is 150 cm³/mol. The summed E-state index contributed by atoms with van der Waals surface area (Å²) in [4.78, 5) is 43.7. The third kappa shape index (κ3) is 7.02. The Bertz CT molecular complexity index is 1150. The molecule has 11 nitrogen and oxygen atoms in total. The van der Waals surface area contributed by atoms with Gasteiger partial charge in [0.2, 0.25) is 10.0 Å². The maximum absolute atomic E-state index is 13.7. The molecule has 12 heteroatoms. The number of amides is 2. The van der Waals surface area contributed by atoms with Crippen molar-refractivity contribution in [3.8, 4) is 0 Å². The molecule has 1 unspecified atom stereocenters. The topological polar surface area (TPSA) is 142 Å². The molecule has 3 aliphatic heterocycles. The second-order valence-corrected chi connectivity index (χ2v) is 13.1. The number of methoxy groups -OCH3 is 1. The maximum Gasteiger partial charge on any atom is 0.319 e. The number of hydrogen-bond acceptors (Lipinski definition) is 8. The van der Waals surface area contributed by atoms with E-state index in [4.69, 9.17) is 10.5 Å². The van der Waals surface area contributed by atoms with Gasteiger partial charge in [-0.3, -0.25) is 9.59 Å². The summed E-state index contributed by atoms with van der Waals surface area (Å²) in [5.41, 5.74) is 7.16. The molecule has 1 aromatic carbocycles. The van der Waals surface area contributed by atoms with E-state index < -0.39 is 45.9 Å². The van der Waals surface area contributed by atoms with E-state index in [1.165, 1.54) is 31.4 Å². The molecule has 3 atom stereocenters. The summed E-state index contributed by atoms with van der Waals surface area (Å²) in [6.45, 7) is 6.48. The number of sulfonamides is 1. The minimum absolute atomic E-state index is 0.0775. The van der Waals surface area contributed by atoms with Gasteiger partial charge in [0.1, 0.15) is 0 Å². The Hall–Kier alpha value is -2.54. The fourth-order valence-corrected chi connectivity index (χ4v) is 7.74. The van der Waals surface area contributed by atoms with E-state index >= 15 is 0 Å². The molecule has 3 fully saturated rings. The quantitative estimate of drug-likeness (QED) is 0.257. The van der Waals surface area contributed by atoms with Gasteiger partial charge in [-0.25, -0.2) is 13.2 Å². The third-order valence-corrected chi connectivity index (χ3v) is 10.4. The summed E-state index contributed by atoms with van der Waals surface area (Å²) >= 11 is 0. The first-order valence-corrected chi connectivity index (χ1v) is 15.8. The zero-order valence-corrected chi connectivity index (χ0v) is 24.4. The number of benzene rings is 1. The Morgan fingerprint density at radius 2 is 1.62 bits per heavy atom. The second kappa shape index (κ2) is 13.4. The van der Waals surface area contributed by atoms with Crippen LogP contribution in [-0.2, 0) is 24.3 Å². The SMILES string of the molecule is COC(=O)[C@H](C(=O)[C@@H]1CCCN1S(=O)(=O)c1ccc(C)cc1)C(N)NC(=O)N1CCC(CN2CCCCC2)CC1. The van der Waals surface area contributed by atoms with Gasteiger partial charge in [-0.2, -0.15) is 4.31 Å². The first-order valence-electron chi connectivity index (χ1n) is 14.3. The van der Waals surface area contributed by atoms with Crippen molar-refractivity contribution in [1.82, 2.24) is 19.4 Å². The van der Waals surface area contributed by atoms with Crippen molar-refractivity contribution < 1.29 is 27.5 Å². The number of piperidine rings is 2. The van der Waals surface area contributed by atoms with Gasteiger partial charge in [0.25, 0.3) is 0 Å². The number of nitrogens with two attached hydrogens (primary N) is 1. The lowest BCUT2D eigenvalue weighted by Crippen LogP contribution is -2.59. The highest BCUT2D eigenvalue weighted by atomic mass is 32.2. The molecule has 0 radical (unpaired) electrons. The average molecular weight is 578 g/mol. The van der Waals surface area contributed by atoms with Crippen molar-refractivity contribution in [3.63, 3.8) is 0 Å². The fourth-order valence-electron chi connectivity index (χ4n) is 6.07. The predicted octanol–water partition coefficient (Wildman–Crippen LogP) is 1.70. The second-order valence-electron chi connectivity index (χ2n) is 11.3. The van der Waals surface area contributed by atoms with E-state index in [0.29, 0.717) is 25.4 Å². The van der Waals surface area contributed by atoms with Crippen LogP contribution in [0.15, 0.2) is 29.2 Å². The summed E-state index contributed by atoms with van der Waals surface area (Å²) in [6, 6.07) is 4.87. The Balaban J connectivity index is 1.39. The first kappa shape index (κ1) is 30.4. The van der Waals surface area contributed by atoms with Crippen LogP contribution in [0.3, 0.4) is 0 Å². The fraction of sp³-hybridized carbons (Fsp3) is 0.679. The number of esters is 1. The molecule has 0 spiro atoms. The lowest BCUT2D eigenvalue weighted by molar-refractivity contribution is -0.151. The number of ether oxygens (including phenoxy) is 1. The summed E-state index contributed by atoms with van der Waals surface area (Å²) in [7, 11) is -2.84. The number of carbonyl (C=O) groups is 3. The molecular weight excluding hydrogens is 534 g/mol. The molecule has 222 valence electrons. The molecule has 0 aliphatic carbocycles. The van der Waals surface area contributed by atoms with Crippen LogP contribution >= 0.6 is 0 Å². The van der Waals surface area contributed by atoms with Gasteiger partial charge in [-0.1, -0.05) is 24.1 Å². The maximum atomic E-state index is 13.7. The highest BCUT2D eigenvalue weighted by molar-refractivity contribution is 7.89. The highest BCUT2D eigenvalue weighted by Crippen LogP contribution is 2.29. The largest absolute Gasteiger partial charge is 0.468 e. The van der Waals surface area contributed by atoms with Crippen LogP contribution in [0.1, 0.15) is 50.5 Å². The van der Waals surface area contributed by atoms with E-state index in [9.17, 15) is 22.8 Å². The molecule has 40 heavy (non-hydrogen) atoms. The van der Waals surface area contributed by atoms with Crippen LogP contribution in [-0.4, -0.2) is 98.9 Å². The smallest absolute Gasteiger partial charge is 0.319 e. The number of aryl methyl sites for hydroxylation is 1. The minimum Gasteiger partial charge on any atom is -0.468 e. The number of rotatable bonds is 9. The van der Waals surface area contributed by atoms with E-state index in [0.717, 1.165) is 49.5 Å². The summed E-state index contributed by atoms with van der Waals surface area (Å²) in [5.74, 6) is -2.58. The number of nitrogens with one attached hydrogen (secondary N) is 1. The molecule has 4 rings (SSSR count). The van der Waals surface area contributed by atoms with Gasteiger partial charge >= 0.3 is 12.0 Å². The van der Waals surface area contributed by atoms with E-state index in [1.807, 2.05) is 6.92 Å². The lowest BCUT2D eigenvalue weighted by atomic mass is 9.94. The number of carbonyl (C=O) groups excluding carboxylic acids is 3. The van der Waals surface area contributed by atoms with Crippen molar-refractivity contribution in [3.05, 3.63) is 29.8 Å². The van der Waals surface area contributed by atoms with Crippen molar-refractivity contribution in [2.24, 2.45) is 17.6 Å². The van der Waals surface area contributed by atoms with E-state index in [-0.39, 0.29) is 17.9 Å². The summed E-state index contributed by atoms with van der Waals surface area (Å²) < 4.78 is 32.8. The number of Topliss-reactive ketones (excluding diaryl/α,β-unsaturated/α-hetero) is 1. The van der Waals surface area contributed by atoms with Crippen LogP contribution in [0.25, 0.3) is 0 Å². The number of hydrogen-bond donors (Lipinski definition) is 2. The normalized spacial score (nSPS) is 23.0. The van der Waals surface area contributed by atoms with Gasteiger partial charge in [-0.05, 0) is 76.6 Å². The molecule has 3 aliphatic rings. The van der Waals surface area contributed by atoms with Gasteiger partial charge in [0.15, 0.2) is 11.7 Å². The van der Waals surface area contributed by atoms with Crippen LogP contribution in [0.4, 0.5) is 4.79 Å². The van der Waals surface area contributed by atoms with Gasteiger partial charge in [-0.15, -0.1) is 0 Å². The van der Waals surface area contributed by atoms with Gasteiger partial charge < -0.3 is 25.6 Å². The van der Waals surface area contributed by atoms with Gasteiger partial charge in [0, 0.05) is 26.2 Å². The summed E-state index contributed by atoms with van der Waals surface area (Å²) in [5, 5.41) is 2.62. The van der Waals surface area contributed by atoms with Crippen molar-refractivity contribution in [2.45, 2.75) is 69.0 Å². The molecular formula is C28H43N5O6S. The molecule has 0 bridgehead atoms. The van der Waals surface area contributed by atoms with E-state index in [1.54, 1.807) is 17.0 Å². The molecule has 0 aromatic heterocycles. The molecule has 3 saturated heterocycles. The van der Waals surface area contributed by atoms with Crippen molar-refractivity contribution in [2.75, 3.05) is 46.4 Å². The number of urea groups is 1. The van der Waals surface area contributed by atoms with Crippen LogP contribution in [0.2, 0.25) is 0 Å². The zero-order valence-electron chi connectivity index (χ0n) is 23.6. The van der Waals surface area contributed by atoms with Gasteiger partial charge in [0.05, 0.1) is 24.2 Å². The molecule has 3 heterocycles. The number of ketones is 1. The Kier molecular flexibility index (Phi) is 10.2. The summed E-state index contributed by atoms with van der Waals surface area (Å²) in [6.07, 6.45) is 4.91. The lowest BCUT2D eigenvalue weighted by Gasteiger charge is -2.36. The van der Waals surface area contributed by atoms with E-state index in [2.05, 4.69) is 10.2 Å². The first-order chi connectivity index (χ1) is 19.1. The standard InChI is InChI=1S/C28H43N5O6S/c1-20-8-10-22(11-9-20)40(37,38)33-16-6-7-23(33)25(34)24(27(35)39-2)26(29)30-28(36)32-17-12-21(13-18-32)19-31-14-4-3-5-15-31/h8-11,21,23-24,26H,3-7,12-19,29H2,1-2H3,(H,30,36)/t23-,24+,26?/m0/s1. The Morgan fingerprint density at radius 3 is 2.25 bits per heavy atom. The van der Waals surface area contributed by atoms with Crippen LogP contribution in [0.5, 0.6) is 0 Å². The molecule has 2 amide bonds. The number of nitrogens with zero attached hydrogens (tertiary/aromatic N) is 3. The third-order valence-electron chi connectivity index (χ3n) is 8.44. The average Bonchev–Trinajstić information content (AvgIpc) is 3.45. The van der Waals surface area contributed by atoms with Crippen LogP contribution in [0, 0.1) is 18.8 Å². The molecule has 0 saturated carbocycles. The zero-order chi connectivity index (χ0) is 28.9. The van der Waals surface area contributed by atoms with Crippen LogP contribution < -0.4 is 11.1 Å². The molecule has 3 N–H and O–H groups in total. The Labute approximate surface area is 237 Å². The highest BCUT2D eigenvalue weighted by Gasteiger charge is 2.46. The number of likely N-dealkylation sites (tertiary alicyclic amines) is 2. The van der Waals surface area contributed by atoms with Crippen molar-refractivity contribution >= 4 is 27.8 Å². The molecule has 1 aromatic rings. The Morgan fingerprint density at radius 1 is 0.975 bits per heavy atom. The minimum atomic E-state index is -3.98. The monoisotopic (exact) mass is 577 g/mol. The van der Waals surface area contributed by atoms with Crippen molar-refractivity contribution in [1.29, 1.82) is 0 Å².